The summed E-state index contributed by atoms with van der Waals surface area (Å²) in [4.78, 5) is 9.17. The monoisotopic (exact) mass is 413 g/mol. The fourth-order valence-electron chi connectivity index (χ4n) is 2.19. The molecular formula is C15H14Br2FN3. The van der Waals surface area contributed by atoms with Crippen LogP contribution in [-0.4, -0.2) is 16.5 Å². The molecule has 0 aliphatic heterocycles. The number of hydrogen-bond acceptors (Lipinski definition) is 3. The number of anilines is 1. The van der Waals surface area contributed by atoms with E-state index in [2.05, 4.69) is 47.1 Å². The van der Waals surface area contributed by atoms with Gasteiger partial charge in [-0.3, -0.25) is 0 Å². The molecule has 1 saturated carbocycles. The predicted molar refractivity (Wildman–Crippen MR) is 89.0 cm³/mol. The molecule has 0 amide bonds. The first kappa shape index (κ1) is 14.9. The van der Waals surface area contributed by atoms with Crippen LogP contribution in [-0.2, 0) is 0 Å². The number of nitrogens with one attached hydrogen (secondary N) is 1. The van der Waals surface area contributed by atoms with Gasteiger partial charge in [-0.1, -0.05) is 15.9 Å². The summed E-state index contributed by atoms with van der Waals surface area (Å²) in [5, 5.41) is 3.23. The molecule has 1 aliphatic carbocycles. The summed E-state index contributed by atoms with van der Waals surface area (Å²) in [6.07, 6.45) is 2.29. The van der Waals surface area contributed by atoms with E-state index < -0.39 is 0 Å². The summed E-state index contributed by atoms with van der Waals surface area (Å²) in [5.74, 6) is 1.50. The quantitative estimate of drug-likeness (QED) is 0.754. The lowest BCUT2D eigenvalue weighted by Gasteiger charge is -2.12. The first-order valence-electron chi connectivity index (χ1n) is 6.86. The molecule has 3 rings (SSSR count). The van der Waals surface area contributed by atoms with Crippen molar-refractivity contribution >= 4 is 37.7 Å². The van der Waals surface area contributed by atoms with Gasteiger partial charge in [0.1, 0.15) is 11.6 Å². The van der Waals surface area contributed by atoms with Crippen molar-refractivity contribution in [2.45, 2.75) is 25.7 Å². The van der Waals surface area contributed by atoms with E-state index in [9.17, 15) is 4.39 Å². The van der Waals surface area contributed by atoms with E-state index in [0.717, 1.165) is 35.4 Å². The maximum absolute atomic E-state index is 13.6. The van der Waals surface area contributed by atoms with Crippen LogP contribution in [0.5, 0.6) is 0 Å². The molecule has 0 atom stereocenters. The normalized spacial score (nSPS) is 14.3. The zero-order valence-corrected chi connectivity index (χ0v) is 14.6. The molecule has 1 heterocycles. The molecule has 2 aromatic rings. The SMILES string of the molecule is CCNc1nc(-c2cc(F)cc(Br)c2)nc(C2CC2)c1Br. The molecule has 1 aliphatic rings. The van der Waals surface area contributed by atoms with Crippen LogP contribution >= 0.6 is 31.9 Å². The average molecular weight is 415 g/mol. The van der Waals surface area contributed by atoms with Gasteiger partial charge in [0.05, 0.1) is 10.2 Å². The number of hydrogen-bond donors (Lipinski definition) is 1. The van der Waals surface area contributed by atoms with Crippen molar-refractivity contribution in [2.24, 2.45) is 0 Å². The van der Waals surface area contributed by atoms with Crippen molar-refractivity contribution in [3.05, 3.63) is 38.7 Å². The molecule has 0 spiro atoms. The van der Waals surface area contributed by atoms with Gasteiger partial charge < -0.3 is 5.32 Å². The fourth-order valence-corrected chi connectivity index (χ4v) is 3.29. The molecular weight excluding hydrogens is 401 g/mol. The lowest BCUT2D eigenvalue weighted by atomic mass is 10.2. The number of benzene rings is 1. The molecule has 6 heteroatoms. The number of halogens is 3. The smallest absolute Gasteiger partial charge is 0.161 e. The third-order valence-electron chi connectivity index (χ3n) is 3.31. The Hall–Kier alpha value is -1.01. The van der Waals surface area contributed by atoms with Crippen molar-refractivity contribution < 1.29 is 4.39 Å². The maximum atomic E-state index is 13.6. The highest BCUT2D eigenvalue weighted by Gasteiger charge is 2.29. The third-order valence-corrected chi connectivity index (χ3v) is 4.55. The van der Waals surface area contributed by atoms with E-state index in [1.54, 1.807) is 0 Å². The first-order valence-corrected chi connectivity index (χ1v) is 8.45. The Bertz CT molecular complexity index is 667. The Balaban J connectivity index is 2.12. The predicted octanol–water partition coefficient (Wildman–Crippen LogP) is 5.12. The summed E-state index contributed by atoms with van der Waals surface area (Å²) in [6, 6.07) is 4.72. The fraction of sp³-hybridized carbons (Fsp3) is 0.333. The molecule has 1 N–H and O–H groups in total. The second-order valence-electron chi connectivity index (χ2n) is 5.06. The summed E-state index contributed by atoms with van der Waals surface area (Å²) >= 11 is 6.90. The summed E-state index contributed by atoms with van der Waals surface area (Å²) in [7, 11) is 0. The Morgan fingerprint density at radius 2 is 2.00 bits per heavy atom. The lowest BCUT2D eigenvalue weighted by molar-refractivity contribution is 0.627. The summed E-state index contributed by atoms with van der Waals surface area (Å²) in [6.45, 7) is 2.79. The van der Waals surface area contributed by atoms with E-state index in [1.807, 2.05) is 13.0 Å². The van der Waals surface area contributed by atoms with Gasteiger partial charge >= 0.3 is 0 Å². The highest BCUT2D eigenvalue weighted by atomic mass is 79.9. The molecule has 1 fully saturated rings. The van der Waals surface area contributed by atoms with E-state index >= 15 is 0 Å². The van der Waals surface area contributed by atoms with Gasteiger partial charge in [0.25, 0.3) is 0 Å². The van der Waals surface area contributed by atoms with Crippen LogP contribution in [0.1, 0.15) is 31.4 Å². The Morgan fingerprint density at radius 1 is 1.24 bits per heavy atom. The van der Waals surface area contributed by atoms with Gasteiger partial charge in [0.2, 0.25) is 0 Å². The Kier molecular flexibility index (Phi) is 4.26. The molecule has 0 bridgehead atoms. The van der Waals surface area contributed by atoms with Crippen molar-refractivity contribution in [1.29, 1.82) is 0 Å². The number of rotatable bonds is 4. The van der Waals surface area contributed by atoms with Crippen LogP contribution in [0.3, 0.4) is 0 Å². The topological polar surface area (TPSA) is 37.8 Å². The van der Waals surface area contributed by atoms with Crippen LogP contribution in [0.4, 0.5) is 10.2 Å². The van der Waals surface area contributed by atoms with Crippen LogP contribution in [0.2, 0.25) is 0 Å². The number of nitrogens with zero attached hydrogens (tertiary/aromatic N) is 2. The van der Waals surface area contributed by atoms with Gasteiger partial charge in [-0.15, -0.1) is 0 Å². The van der Waals surface area contributed by atoms with Crippen LogP contribution in [0.25, 0.3) is 11.4 Å². The number of aromatic nitrogens is 2. The molecule has 110 valence electrons. The van der Waals surface area contributed by atoms with Crippen LogP contribution in [0, 0.1) is 5.82 Å². The molecule has 0 radical (unpaired) electrons. The third kappa shape index (κ3) is 3.26. The van der Waals surface area contributed by atoms with Gasteiger partial charge in [0, 0.05) is 22.5 Å². The molecule has 21 heavy (non-hydrogen) atoms. The van der Waals surface area contributed by atoms with Gasteiger partial charge in [0.15, 0.2) is 5.82 Å². The van der Waals surface area contributed by atoms with Gasteiger partial charge in [-0.2, -0.15) is 0 Å². The summed E-state index contributed by atoms with van der Waals surface area (Å²) in [5.41, 5.74) is 1.69. The maximum Gasteiger partial charge on any atom is 0.161 e. The molecule has 1 aromatic heterocycles. The second-order valence-corrected chi connectivity index (χ2v) is 6.77. The van der Waals surface area contributed by atoms with Crippen molar-refractivity contribution in [3.63, 3.8) is 0 Å². The molecule has 3 nitrogen and oxygen atoms in total. The zero-order valence-electron chi connectivity index (χ0n) is 11.5. The van der Waals surface area contributed by atoms with E-state index in [4.69, 9.17) is 0 Å². The van der Waals surface area contributed by atoms with Crippen LogP contribution in [0.15, 0.2) is 27.1 Å². The first-order chi connectivity index (χ1) is 10.1. The highest BCUT2D eigenvalue weighted by Crippen LogP contribution is 2.44. The highest BCUT2D eigenvalue weighted by molar-refractivity contribution is 9.11. The second kappa shape index (κ2) is 6.01. The standard InChI is InChI=1S/C15H14Br2FN3/c1-2-19-15-12(17)13(8-3-4-8)20-14(21-15)9-5-10(16)7-11(18)6-9/h5-8H,2-4H2,1H3,(H,19,20,21). The Morgan fingerprint density at radius 3 is 2.62 bits per heavy atom. The minimum Gasteiger partial charge on any atom is -0.369 e. The Labute approximate surface area is 139 Å². The molecule has 0 saturated heterocycles. The molecule has 1 aromatic carbocycles. The van der Waals surface area contributed by atoms with Crippen molar-refractivity contribution in [1.82, 2.24) is 9.97 Å². The molecule has 0 unspecified atom stereocenters. The average Bonchev–Trinajstić information content (AvgIpc) is 3.24. The van der Waals surface area contributed by atoms with Crippen molar-refractivity contribution in [3.8, 4) is 11.4 Å². The van der Waals surface area contributed by atoms with Crippen LogP contribution < -0.4 is 5.32 Å². The van der Waals surface area contributed by atoms with Crippen molar-refractivity contribution in [2.75, 3.05) is 11.9 Å². The van der Waals surface area contributed by atoms with E-state index in [1.165, 1.54) is 12.1 Å². The zero-order chi connectivity index (χ0) is 15.0. The minimum absolute atomic E-state index is 0.302. The van der Waals surface area contributed by atoms with E-state index in [-0.39, 0.29) is 5.82 Å². The van der Waals surface area contributed by atoms with Gasteiger partial charge in [-0.05, 0) is 53.9 Å². The van der Waals surface area contributed by atoms with E-state index in [0.29, 0.717) is 21.8 Å². The minimum atomic E-state index is -0.302. The largest absolute Gasteiger partial charge is 0.369 e. The van der Waals surface area contributed by atoms with Gasteiger partial charge in [-0.25, -0.2) is 14.4 Å². The lowest BCUT2D eigenvalue weighted by Crippen LogP contribution is -2.06. The summed E-state index contributed by atoms with van der Waals surface area (Å²) < 4.78 is 15.2.